The van der Waals surface area contributed by atoms with Crippen LogP contribution in [0.4, 0.5) is 13.2 Å². The Morgan fingerprint density at radius 2 is 2.04 bits per heavy atom. The zero-order chi connectivity index (χ0) is 18.1. The molecule has 0 saturated heterocycles. The molecule has 0 N–H and O–H groups in total. The molecular formula is C16H17F3N2O2S. The Bertz CT molecular complexity index is 923. The number of allylic oxidation sites excluding steroid dienone is 3. The lowest BCUT2D eigenvalue weighted by Crippen LogP contribution is -2.15. The van der Waals surface area contributed by atoms with Crippen LogP contribution in [0.5, 0.6) is 0 Å². The maximum atomic E-state index is 13.0. The second-order valence-electron chi connectivity index (χ2n) is 5.19. The van der Waals surface area contributed by atoms with Gasteiger partial charge in [-0.15, -0.1) is 0 Å². The van der Waals surface area contributed by atoms with Gasteiger partial charge in [0.15, 0.2) is 5.65 Å². The first-order valence-corrected chi connectivity index (χ1v) is 8.71. The van der Waals surface area contributed by atoms with Crippen LogP contribution in [0.15, 0.2) is 41.5 Å². The zero-order valence-electron chi connectivity index (χ0n) is 13.4. The maximum Gasteiger partial charge on any atom is 0.433 e. The SMILES string of the molecule is C/C=C\C(=C/CC)S(=O)(=O)n1ccc2c(C)cc(C(F)(F)F)nc21. The normalized spacial score (nSPS) is 14.0. The molecule has 130 valence electrons. The van der Waals surface area contributed by atoms with Crippen LogP contribution < -0.4 is 0 Å². The second-order valence-corrected chi connectivity index (χ2v) is 7.01. The fraction of sp³-hybridized carbons (Fsp3) is 0.312. The Balaban J connectivity index is 2.78. The number of alkyl halides is 3. The summed E-state index contributed by atoms with van der Waals surface area (Å²) >= 11 is 0. The Morgan fingerprint density at radius 1 is 1.38 bits per heavy atom. The summed E-state index contributed by atoms with van der Waals surface area (Å²) in [5.74, 6) is 0. The van der Waals surface area contributed by atoms with E-state index in [4.69, 9.17) is 0 Å². The minimum absolute atomic E-state index is 0.0156. The predicted molar refractivity (Wildman–Crippen MR) is 87.0 cm³/mol. The van der Waals surface area contributed by atoms with Gasteiger partial charge in [-0.3, -0.25) is 0 Å². The van der Waals surface area contributed by atoms with Crippen molar-refractivity contribution in [1.29, 1.82) is 0 Å². The molecule has 0 atom stereocenters. The van der Waals surface area contributed by atoms with Crippen LogP contribution in [0, 0.1) is 6.92 Å². The molecule has 0 saturated carbocycles. The third-order valence-electron chi connectivity index (χ3n) is 3.41. The van der Waals surface area contributed by atoms with E-state index in [9.17, 15) is 21.6 Å². The summed E-state index contributed by atoms with van der Waals surface area (Å²) in [6.45, 7) is 4.93. The van der Waals surface area contributed by atoms with Crippen molar-refractivity contribution in [2.75, 3.05) is 0 Å². The Kier molecular flexibility index (Phi) is 4.89. The van der Waals surface area contributed by atoms with Crippen LogP contribution in [0.1, 0.15) is 31.5 Å². The summed E-state index contributed by atoms with van der Waals surface area (Å²) in [6, 6.07) is 2.36. The first kappa shape index (κ1) is 18.3. The van der Waals surface area contributed by atoms with E-state index < -0.39 is 21.9 Å². The molecule has 0 radical (unpaired) electrons. The predicted octanol–water partition coefficient (Wildman–Crippen LogP) is 4.41. The van der Waals surface area contributed by atoms with Gasteiger partial charge in [-0.2, -0.15) is 13.2 Å². The van der Waals surface area contributed by atoms with Crippen LogP contribution in [-0.2, 0) is 16.2 Å². The van der Waals surface area contributed by atoms with Crippen LogP contribution in [-0.4, -0.2) is 17.4 Å². The van der Waals surface area contributed by atoms with Gasteiger partial charge in [0.25, 0.3) is 10.0 Å². The summed E-state index contributed by atoms with van der Waals surface area (Å²) in [6.07, 6.45) is 1.52. The van der Waals surface area contributed by atoms with E-state index in [1.54, 1.807) is 19.9 Å². The van der Waals surface area contributed by atoms with Gasteiger partial charge in [0, 0.05) is 11.6 Å². The van der Waals surface area contributed by atoms with Gasteiger partial charge in [-0.1, -0.05) is 19.1 Å². The van der Waals surface area contributed by atoms with Crippen molar-refractivity contribution < 1.29 is 21.6 Å². The number of rotatable bonds is 4. The summed E-state index contributed by atoms with van der Waals surface area (Å²) < 4.78 is 65.3. The third-order valence-corrected chi connectivity index (χ3v) is 5.13. The van der Waals surface area contributed by atoms with Crippen molar-refractivity contribution in [3.8, 4) is 0 Å². The lowest BCUT2D eigenvalue weighted by atomic mass is 10.2. The highest BCUT2D eigenvalue weighted by Gasteiger charge is 2.34. The Labute approximate surface area is 138 Å². The zero-order valence-corrected chi connectivity index (χ0v) is 14.2. The van der Waals surface area contributed by atoms with E-state index in [-0.39, 0.29) is 10.6 Å². The molecule has 2 heterocycles. The topological polar surface area (TPSA) is 52.0 Å². The number of pyridine rings is 1. The molecule has 8 heteroatoms. The lowest BCUT2D eigenvalue weighted by Gasteiger charge is -2.11. The number of nitrogens with zero attached hydrogens (tertiary/aromatic N) is 2. The first-order valence-electron chi connectivity index (χ1n) is 7.27. The standard InChI is InChI=1S/C16H17F3N2O2S/c1-4-6-12(7-5-2)24(22,23)21-9-8-13-11(3)10-14(16(17,18)19)20-15(13)21/h4,6-10H,5H2,1-3H3/b6-4-,12-7+. The van der Waals surface area contributed by atoms with Gasteiger partial charge in [0.2, 0.25) is 0 Å². The highest BCUT2D eigenvalue weighted by molar-refractivity contribution is 7.94. The molecule has 0 spiro atoms. The van der Waals surface area contributed by atoms with Gasteiger partial charge in [0.05, 0.1) is 4.91 Å². The fourth-order valence-electron chi connectivity index (χ4n) is 2.33. The monoisotopic (exact) mass is 358 g/mol. The largest absolute Gasteiger partial charge is 0.433 e. The highest BCUT2D eigenvalue weighted by Crippen LogP contribution is 2.32. The number of hydrogen-bond donors (Lipinski definition) is 0. The van der Waals surface area contributed by atoms with Crippen molar-refractivity contribution in [3.63, 3.8) is 0 Å². The first-order chi connectivity index (χ1) is 11.1. The molecule has 2 aromatic rings. The van der Waals surface area contributed by atoms with E-state index in [1.807, 2.05) is 0 Å². The van der Waals surface area contributed by atoms with Gasteiger partial charge in [0.1, 0.15) is 5.69 Å². The molecule has 0 aliphatic heterocycles. The molecule has 0 unspecified atom stereocenters. The maximum absolute atomic E-state index is 13.0. The van der Waals surface area contributed by atoms with Crippen LogP contribution in [0.2, 0.25) is 0 Å². The number of fused-ring (bicyclic) bond motifs is 1. The van der Waals surface area contributed by atoms with Crippen molar-refractivity contribution in [2.24, 2.45) is 0 Å². The summed E-state index contributed by atoms with van der Waals surface area (Å²) in [5, 5.41) is 0.364. The highest BCUT2D eigenvalue weighted by atomic mass is 32.2. The van der Waals surface area contributed by atoms with Crippen molar-refractivity contribution >= 4 is 21.1 Å². The number of hydrogen-bond acceptors (Lipinski definition) is 3. The molecular weight excluding hydrogens is 341 g/mol. The molecule has 24 heavy (non-hydrogen) atoms. The molecule has 4 nitrogen and oxygen atoms in total. The molecule has 2 rings (SSSR count). The van der Waals surface area contributed by atoms with Gasteiger partial charge >= 0.3 is 6.18 Å². The summed E-state index contributed by atoms with van der Waals surface area (Å²) in [4.78, 5) is 3.56. The molecule has 2 aromatic heterocycles. The van der Waals surface area contributed by atoms with E-state index in [2.05, 4.69) is 4.98 Å². The minimum atomic E-state index is -4.65. The van der Waals surface area contributed by atoms with Crippen LogP contribution in [0.3, 0.4) is 0 Å². The van der Waals surface area contributed by atoms with Crippen LogP contribution in [0.25, 0.3) is 11.0 Å². The van der Waals surface area contributed by atoms with Crippen molar-refractivity contribution in [3.05, 3.63) is 52.7 Å². The summed E-state index contributed by atoms with van der Waals surface area (Å²) in [5.41, 5.74) is -1.03. The van der Waals surface area contributed by atoms with Crippen LogP contribution >= 0.6 is 0 Å². The Hall–Kier alpha value is -2.09. The van der Waals surface area contributed by atoms with Crippen molar-refractivity contribution in [1.82, 2.24) is 8.96 Å². The fourth-order valence-corrected chi connectivity index (χ4v) is 3.83. The van der Waals surface area contributed by atoms with Crippen molar-refractivity contribution in [2.45, 2.75) is 33.4 Å². The average molecular weight is 358 g/mol. The molecule has 0 amide bonds. The molecule has 0 aliphatic rings. The average Bonchev–Trinajstić information content (AvgIpc) is 2.91. The minimum Gasteiger partial charge on any atom is -0.224 e. The second kappa shape index (κ2) is 6.43. The van der Waals surface area contributed by atoms with Gasteiger partial charge in [-0.05, 0) is 44.0 Å². The third kappa shape index (κ3) is 3.24. The molecule has 0 fully saturated rings. The number of aryl methyl sites for hydroxylation is 1. The smallest absolute Gasteiger partial charge is 0.224 e. The molecule has 0 bridgehead atoms. The van der Waals surface area contributed by atoms with Gasteiger partial charge < -0.3 is 0 Å². The quantitative estimate of drug-likeness (QED) is 0.761. The Morgan fingerprint density at radius 3 is 2.58 bits per heavy atom. The van der Waals surface area contributed by atoms with Gasteiger partial charge in [-0.25, -0.2) is 17.4 Å². The van der Waals surface area contributed by atoms with E-state index in [0.717, 1.165) is 10.0 Å². The number of halogens is 3. The lowest BCUT2D eigenvalue weighted by molar-refractivity contribution is -0.141. The number of aromatic nitrogens is 2. The van der Waals surface area contributed by atoms with E-state index in [1.165, 1.54) is 31.3 Å². The summed E-state index contributed by atoms with van der Waals surface area (Å²) in [7, 11) is -4.03. The molecule has 0 aliphatic carbocycles. The van der Waals surface area contributed by atoms with E-state index in [0.29, 0.717) is 17.4 Å². The van der Waals surface area contributed by atoms with E-state index >= 15 is 0 Å². The molecule has 0 aromatic carbocycles.